The molecule has 0 aliphatic heterocycles. The van der Waals surface area contributed by atoms with Gasteiger partial charge in [0.1, 0.15) is 0 Å². The average molecular weight is 109 g/mol. The van der Waals surface area contributed by atoms with Crippen LogP contribution in [0.3, 0.4) is 0 Å². The van der Waals surface area contributed by atoms with Crippen LogP contribution in [0.2, 0.25) is 13.1 Å². The third-order valence-electron chi connectivity index (χ3n) is 0. The van der Waals surface area contributed by atoms with E-state index < -0.39 is 7.55 Å². The van der Waals surface area contributed by atoms with Crippen molar-refractivity contribution in [2.45, 2.75) is 13.1 Å². The first kappa shape index (κ1) is 5.47. The lowest BCUT2D eigenvalue weighted by Crippen LogP contribution is -2.16. The lowest BCUT2D eigenvalue weighted by Gasteiger charge is -1.96. The van der Waals surface area contributed by atoms with Gasteiger partial charge in [0.25, 0.3) is 0 Å². The van der Waals surface area contributed by atoms with Crippen molar-refractivity contribution >= 4 is 18.6 Å². The Hall–Kier alpha value is 0.467. The van der Waals surface area contributed by atoms with E-state index in [0.717, 1.165) is 0 Å². The highest BCUT2D eigenvalue weighted by Crippen LogP contribution is 1.96. The van der Waals surface area contributed by atoms with Gasteiger partial charge in [-0.15, -0.1) is 11.1 Å². The van der Waals surface area contributed by atoms with Gasteiger partial charge >= 0.3 is 0 Å². The van der Waals surface area contributed by atoms with Crippen molar-refractivity contribution in [3.63, 3.8) is 0 Å². The Kier molecular flexibility index (Phi) is 1.40. The van der Waals surface area contributed by atoms with Gasteiger partial charge in [-0.3, -0.25) is 5.40 Å². The van der Waals surface area contributed by atoms with Crippen molar-refractivity contribution in [1.82, 2.24) is 5.40 Å². The Balaban J connectivity index is 3.02. The van der Waals surface area contributed by atoms with E-state index >= 15 is 0 Å². The van der Waals surface area contributed by atoms with Crippen LogP contribution >= 0.6 is 11.1 Å². The first-order valence-corrected chi connectivity index (χ1v) is 5.45. The summed E-state index contributed by atoms with van der Waals surface area (Å²) in [4.78, 5) is 0. The van der Waals surface area contributed by atoms with Crippen LogP contribution in [0.25, 0.3) is 0 Å². The summed E-state index contributed by atoms with van der Waals surface area (Å²) >= 11 is 5.34. The molecule has 0 saturated carbocycles. The first-order chi connectivity index (χ1) is 2.00. The van der Waals surface area contributed by atoms with Crippen molar-refractivity contribution in [3.8, 4) is 0 Å². The van der Waals surface area contributed by atoms with Crippen LogP contribution in [0.15, 0.2) is 0 Å². The minimum absolute atomic E-state index is 1.76. The number of nitrogens with one attached hydrogen (secondary N) is 1. The van der Waals surface area contributed by atoms with E-state index in [-0.39, 0.29) is 0 Å². The van der Waals surface area contributed by atoms with Gasteiger partial charge in [-0.25, -0.2) is 0 Å². The highest BCUT2D eigenvalue weighted by Gasteiger charge is 2.07. The zero-order valence-electron chi connectivity index (χ0n) is 3.38. The zero-order chi connectivity index (χ0) is 4.50. The number of hydrogen-bond acceptors (Lipinski definition) is 0. The second-order valence-corrected chi connectivity index (χ2v) is 7.25. The molecule has 0 saturated heterocycles. The molecule has 0 fully saturated rings. The molecule has 1 N–H and O–H groups in total. The quantitative estimate of drug-likeness (QED) is 0.329. The molecule has 0 rings (SSSR count). The van der Waals surface area contributed by atoms with Gasteiger partial charge in [-0.1, -0.05) is 0 Å². The summed E-state index contributed by atoms with van der Waals surface area (Å²) in [7, 11) is -1.89. The molecule has 0 atom stereocenters. The van der Waals surface area contributed by atoms with Gasteiger partial charge in [0.15, 0.2) is 0 Å². The van der Waals surface area contributed by atoms with E-state index in [4.69, 9.17) is 16.5 Å². The zero-order valence-corrected chi connectivity index (χ0v) is 5.13. The molecule has 5 heavy (non-hydrogen) atoms. The van der Waals surface area contributed by atoms with Gasteiger partial charge in [0.2, 0.25) is 7.55 Å². The molecule has 0 spiro atoms. The number of halogens is 1. The average Bonchev–Trinajstić information content (AvgIpc) is 0.722. The molecule has 1 radical (unpaired) electrons. The van der Waals surface area contributed by atoms with E-state index in [0.29, 0.717) is 0 Å². The van der Waals surface area contributed by atoms with Crippen molar-refractivity contribution in [2.24, 2.45) is 0 Å². The molecular weight excluding hydrogens is 102 g/mol. The summed E-state index contributed by atoms with van der Waals surface area (Å²) in [6.45, 7) is 3.52. The van der Waals surface area contributed by atoms with E-state index in [1.807, 2.05) is 0 Å². The molecule has 0 aromatic rings. The molecule has 0 unspecified atom stereocenters. The Bertz CT molecular complexity index is 25.1. The number of hydrogen-bond donors (Lipinski definition) is 0. The van der Waals surface area contributed by atoms with Crippen LogP contribution < -0.4 is 5.40 Å². The molecule has 0 bridgehead atoms. The fraction of sp³-hybridized carbons (Fsp3) is 1.00. The van der Waals surface area contributed by atoms with Gasteiger partial charge in [0.05, 0.1) is 0 Å². The maximum absolute atomic E-state index is 6.84. The maximum Gasteiger partial charge on any atom is 0.232 e. The Labute approximate surface area is 37.9 Å². The minimum atomic E-state index is -1.89. The second-order valence-electron chi connectivity index (χ2n) is 1.47. The third kappa shape index (κ3) is 125. The predicted molar refractivity (Wildman–Crippen MR) is 26.4 cm³/mol. The summed E-state index contributed by atoms with van der Waals surface area (Å²) in [5.74, 6) is 0. The smallest absolute Gasteiger partial charge is 0.232 e. The molecule has 31 valence electrons. The lowest BCUT2D eigenvalue weighted by molar-refractivity contribution is 1.63. The first-order valence-electron chi connectivity index (χ1n) is 1.44. The van der Waals surface area contributed by atoms with E-state index in [1.54, 1.807) is 13.1 Å². The monoisotopic (exact) mass is 108 g/mol. The highest BCUT2D eigenvalue weighted by molar-refractivity contribution is 7.16. The maximum atomic E-state index is 6.84. The standard InChI is InChI=1S/C2H7ClNSi/c1-5(2,3)4/h4H,1-2H3. The Morgan fingerprint density at radius 2 is 1.60 bits per heavy atom. The largest absolute Gasteiger partial charge is 0.270 e. The van der Waals surface area contributed by atoms with Crippen LogP contribution in [0.5, 0.6) is 0 Å². The summed E-state index contributed by atoms with van der Waals surface area (Å²) in [6.07, 6.45) is 0. The fourth-order valence-electron chi connectivity index (χ4n) is 0. The molecule has 0 aromatic heterocycles. The van der Waals surface area contributed by atoms with Gasteiger partial charge < -0.3 is 0 Å². The molecule has 3 heteroatoms. The summed E-state index contributed by atoms with van der Waals surface area (Å²) in [5, 5.41) is 6.84. The van der Waals surface area contributed by atoms with E-state index in [2.05, 4.69) is 0 Å². The predicted octanol–water partition coefficient (Wildman–Crippen LogP) is 1.21. The SMILES string of the molecule is C[Si](C)([NH])Cl. The topological polar surface area (TPSA) is 23.8 Å². The van der Waals surface area contributed by atoms with E-state index in [1.165, 1.54) is 0 Å². The van der Waals surface area contributed by atoms with Crippen molar-refractivity contribution in [1.29, 1.82) is 0 Å². The van der Waals surface area contributed by atoms with Crippen LogP contribution in [-0.2, 0) is 0 Å². The van der Waals surface area contributed by atoms with E-state index in [9.17, 15) is 0 Å². The Morgan fingerprint density at radius 1 is 1.60 bits per heavy atom. The van der Waals surface area contributed by atoms with Gasteiger partial charge in [0, 0.05) is 0 Å². The van der Waals surface area contributed by atoms with Gasteiger partial charge in [-0.05, 0) is 13.1 Å². The molecule has 0 heterocycles. The summed E-state index contributed by atoms with van der Waals surface area (Å²) < 4.78 is 0. The minimum Gasteiger partial charge on any atom is -0.270 e. The van der Waals surface area contributed by atoms with Crippen LogP contribution in [0, 0.1) is 0 Å². The number of rotatable bonds is 0. The molecule has 0 amide bonds. The van der Waals surface area contributed by atoms with Gasteiger partial charge in [-0.2, -0.15) is 0 Å². The van der Waals surface area contributed by atoms with Crippen molar-refractivity contribution < 1.29 is 0 Å². The molecule has 1 nitrogen and oxygen atoms in total. The normalized spacial score (nSPS) is 12.0. The summed E-state index contributed by atoms with van der Waals surface area (Å²) in [5.41, 5.74) is 0. The molecule has 0 aromatic carbocycles. The molecule has 0 aliphatic rings. The lowest BCUT2D eigenvalue weighted by atomic mass is 11.9. The molecular formula is C2H7ClNSi. The van der Waals surface area contributed by atoms with Crippen molar-refractivity contribution in [2.75, 3.05) is 0 Å². The highest BCUT2D eigenvalue weighted by atomic mass is 35.6. The third-order valence-corrected chi connectivity index (χ3v) is 0. The van der Waals surface area contributed by atoms with Crippen LogP contribution in [-0.4, -0.2) is 7.55 Å². The van der Waals surface area contributed by atoms with Crippen LogP contribution in [0.4, 0.5) is 0 Å². The Morgan fingerprint density at radius 3 is 1.60 bits per heavy atom. The fourth-order valence-corrected chi connectivity index (χ4v) is 0. The second kappa shape index (κ2) is 1.28. The van der Waals surface area contributed by atoms with Crippen LogP contribution in [0.1, 0.15) is 0 Å². The summed E-state index contributed by atoms with van der Waals surface area (Å²) in [6, 6.07) is 0. The van der Waals surface area contributed by atoms with Crippen molar-refractivity contribution in [3.05, 3.63) is 0 Å². The molecule has 0 aliphatic carbocycles.